The minimum absolute atomic E-state index is 0.303. The van der Waals surface area contributed by atoms with Gasteiger partial charge in [0.25, 0.3) is 0 Å². The lowest BCUT2D eigenvalue weighted by molar-refractivity contribution is 0.114. The fourth-order valence-corrected chi connectivity index (χ4v) is 2.14. The van der Waals surface area contributed by atoms with Crippen LogP contribution in [0.25, 0.3) is 0 Å². The molecule has 1 heterocycles. The van der Waals surface area contributed by atoms with Gasteiger partial charge in [-0.05, 0) is 25.0 Å². The molecule has 2 nitrogen and oxygen atoms in total. The summed E-state index contributed by atoms with van der Waals surface area (Å²) in [6, 6.07) is 7.56. The van der Waals surface area contributed by atoms with E-state index in [4.69, 9.17) is 28.6 Å². The van der Waals surface area contributed by atoms with Gasteiger partial charge in [-0.25, -0.2) is 0 Å². The Hall–Kier alpha value is -0.640. The van der Waals surface area contributed by atoms with Crippen molar-refractivity contribution >= 4 is 28.8 Å². The smallest absolute Gasteiger partial charge is 0.106 e. The van der Waals surface area contributed by atoms with Crippen LogP contribution in [0.5, 0.6) is 0 Å². The van der Waals surface area contributed by atoms with Crippen LogP contribution in [-0.2, 0) is 4.74 Å². The first-order chi connectivity index (χ1) is 7.75. The van der Waals surface area contributed by atoms with E-state index in [1.807, 2.05) is 24.3 Å². The van der Waals surface area contributed by atoms with E-state index < -0.39 is 0 Å². The third kappa shape index (κ3) is 3.17. The van der Waals surface area contributed by atoms with Gasteiger partial charge in [0.05, 0.1) is 6.10 Å². The molecule has 0 amide bonds. The van der Waals surface area contributed by atoms with Crippen LogP contribution in [0, 0.1) is 0 Å². The van der Waals surface area contributed by atoms with Crippen LogP contribution in [0.1, 0.15) is 18.4 Å². The highest BCUT2D eigenvalue weighted by Crippen LogP contribution is 2.13. The van der Waals surface area contributed by atoms with Gasteiger partial charge in [0, 0.05) is 23.7 Å². The van der Waals surface area contributed by atoms with Crippen molar-refractivity contribution in [2.24, 2.45) is 0 Å². The summed E-state index contributed by atoms with van der Waals surface area (Å²) in [5, 5.41) is 3.92. The van der Waals surface area contributed by atoms with Gasteiger partial charge in [0.2, 0.25) is 0 Å². The molecule has 1 atom stereocenters. The first kappa shape index (κ1) is 11.8. The number of nitrogens with one attached hydrogen (secondary N) is 1. The Bertz CT molecular complexity index is 377. The maximum absolute atomic E-state index is 5.90. The van der Waals surface area contributed by atoms with Crippen LogP contribution in [0.2, 0.25) is 5.02 Å². The van der Waals surface area contributed by atoms with Gasteiger partial charge in [-0.3, -0.25) is 0 Å². The molecule has 1 fully saturated rings. The molecule has 1 saturated heterocycles. The zero-order valence-electron chi connectivity index (χ0n) is 8.91. The number of rotatable bonds is 3. The van der Waals surface area contributed by atoms with Crippen molar-refractivity contribution < 1.29 is 4.74 Å². The first-order valence-corrected chi connectivity index (χ1v) is 6.20. The lowest BCUT2D eigenvalue weighted by Gasteiger charge is -2.12. The van der Waals surface area contributed by atoms with Crippen molar-refractivity contribution in [1.82, 2.24) is 5.32 Å². The number of halogens is 1. The fraction of sp³-hybridized carbons (Fsp3) is 0.417. The van der Waals surface area contributed by atoms with Crippen molar-refractivity contribution in [2.45, 2.75) is 18.9 Å². The summed E-state index contributed by atoms with van der Waals surface area (Å²) in [6.45, 7) is 1.65. The van der Waals surface area contributed by atoms with E-state index in [2.05, 4.69) is 5.32 Å². The molecule has 1 aliphatic heterocycles. The molecular weight excluding hydrogens is 242 g/mol. The van der Waals surface area contributed by atoms with Gasteiger partial charge in [-0.2, -0.15) is 0 Å². The van der Waals surface area contributed by atoms with Gasteiger partial charge < -0.3 is 10.1 Å². The summed E-state index contributed by atoms with van der Waals surface area (Å²) in [4.78, 5) is 0.734. The van der Waals surface area contributed by atoms with Crippen molar-refractivity contribution in [3.63, 3.8) is 0 Å². The van der Waals surface area contributed by atoms with E-state index >= 15 is 0 Å². The second-order valence-electron chi connectivity index (χ2n) is 3.86. The van der Waals surface area contributed by atoms with Crippen LogP contribution in [0.4, 0.5) is 0 Å². The third-order valence-corrected chi connectivity index (χ3v) is 3.22. The zero-order chi connectivity index (χ0) is 11.4. The summed E-state index contributed by atoms with van der Waals surface area (Å²) in [5.41, 5.74) is 0.959. The van der Waals surface area contributed by atoms with Gasteiger partial charge in [-0.15, -0.1) is 0 Å². The first-order valence-electron chi connectivity index (χ1n) is 5.41. The molecule has 0 aromatic heterocycles. The molecule has 1 N–H and O–H groups in total. The Morgan fingerprint density at radius 1 is 1.56 bits per heavy atom. The molecule has 86 valence electrons. The number of benzene rings is 1. The van der Waals surface area contributed by atoms with Crippen molar-refractivity contribution in [3.05, 3.63) is 34.9 Å². The normalized spacial score (nSPS) is 19.7. The Morgan fingerprint density at radius 3 is 3.12 bits per heavy atom. The summed E-state index contributed by atoms with van der Waals surface area (Å²) in [6.07, 6.45) is 2.57. The molecule has 0 saturated carbocycles. The SMILES string of the molecule is S=C(NC[C@H]1CCCO1)c1cccc(Cl)c1. The standard InChI is InChI=1S/C12H14ClNOS/c13-10-4-1-3-9(7-10)12(16)14-8-11-5-2-6-15-11/h1,3-4,7,11H,2,5-6,8H2,(H,14,16)/t11-/m1/s1. The molecule has 0 aliphatic carbocycles. The van der Waals surface area contributed by atoms with Crippen LogP contribution in [-0.4, -0.2) is 24.2 Å². The number of hydrogen-bond acceptors (Lipinski definition) is 2. The monoisotopic (exact) mass is 255 g/mol. The largest absolute Gasteiger partial charge is 0.376 e. The summed E-state index contributed by atoms with van der Waals surface area (Å²) in [5.74, 6) is 0. The van der Waals surface area contributed by atoms with Crippen LogP contribution in [0.15, 0.2) is 24.3 Å². The van der Waals surface area contributed by atoms with Gasteiger partial charge in [-0.1, -0.05) is 36.0 Å². The lowest BCUT2D eigenvalue weighted by Crippen LogP contribution is -2.31. The highest BCUT2D eigenvalue weighted by molar-refractivity contribution is 7.80. The van der Waals surface area contributed by atoms with Gasteiger partial charge in [0.15, 0.2) is 0 Å². The van der Waals surface area contributed by atoms with Gasteiger partial charge in [0.1, 0.15) is 4.99 Å². The zero-order valence-corrected chi connectivity index (χ0v) is 10.5. The highest BCUT2D eigenvalue weighted by Gasteiger charge is 2.15. The summed E-state index contributed by atoms with van der Waals surface area (Å²) < 4.78 is 5.51. The van der Waals surface area contributed by atoms with E-state index in [0.29, 0.717) is 11.1 Å². The predicted molar refractivity (Wildman–Crippen MR) is 70.1 cm³/mol. The van der Waals surface area contributed by atoms with Crippen molar-refractivity contribution in [2.75, 3.05) is 13.2 Å². The third-order valence-electron chi connectivity index (χ3n) is 2.60. The quantitative estimate of drug-likeness (QED) is 0.840. The molecule has 1 aliphatic rings. The second kappa shape index (κ2) is 5.62. The van der Waals surface area contributed by atoms with E-state index in [0.717, 1.165) is 36.5 Å². The molecular formula is C12H14ClNOS. The fourth-order valence-electron chi connectivity index (χ4n) is 1.74. The minimum atomic E-state index is 0.303. The predicted octanol–water partition coefficient (Wildman–Crippen LogP) is 2.78. The Balaban J connectivity index is 1.87. The van der Waals surface area contributed by atoms with Gasteiger partial charge >= 0.3 is 0 Å². The average molecular weight is 256 g/mol. The molecule has 2 rings (SSSR count). The number of hydrogen-bond donors (Lipinski definition) is 1. The summed E-state index contributed by atoms with van der Waals surface area (Å²) >= 11 is 11.2. The molecule has 1 aromatic rings. The summed E-state index contributed by atoms with van der Waals surface area (Å²) in [7, 11) is 0. The topological polar surface area (TPSA) is 21.3 Å². The highest BCUT2D eigenvalue weighted by atomic mass is 35.5. The van der Waals surface area contributed by atoms with E-state index in [1.165, 1.54) is 0 Å². The molecule has 16 heavy (non-hydrogen) atoms. The Labute approximate surface area is 106 Å². The number of ether oxygens (including phenoxy) is 1. The van der Waals surface area contributed by atoms with E-state index in [1.54, 1.807) is 0 Å². The van der Waals surface area contributed by atoms with Crippen LogP contribution >= 0.6 is 23.8 Å². The van der Waals surface area contributed by atoms with Crippen molar-refractivity contribution in [3.8, 4) is 0 Å². The molecule has 0 radical (unpaired) electrons. The average Bonchev–Trinajstić information content (AvgIpc) is 2.78. The van der Waals surface area contributed by atoms with E-state index in [-0.39, 0.29) is 0 Å². The molecule has 4 heteroatoms. The van der Waals surface area contributed by atoms with E-state index in [9.17, 15) is 0 Å². The maximum atomic E-state index is 5.90. The maximum Gasteiger partial charge on any atom is 0.106 e. The molecule has 0 spiro atoms. The van der Waals surface area contributed by atoms with Crippen LogP contribution < -0.4 is 5.32 Å². The Kier molecular flexibility index (Phi) is 4.16. The molecule has 0 unspecified atom stereocenters. The number of thiocarbonyl (C=S) groups is 1. The minimum Gasteiger partial charge on any atom is -0.376 e. The Morgan fingerprint density at radius 2 is 2.44 bits per heavy atom. The van der Waals surface area contributed by atoms with Crippen LogP contribution in [0.3, 0.4) is 0 Å². The molecule has 1 aromatic carbocycles. The lowest BCUT2D eigenvalue weighted by atomic mass is 10.2. The second-order valence-corrected chi connectivity index (χ2v) is 4.70. The molecule has 0 bridgehead atoms. The van der Waals surface area contributed by atoms with Crippen molar-refractivity contribution in [1.29, 1.82) is 0 Å².